The highest BCUT2D eigenvalue weighted by atomic mass is 79.9. The highest BCUT2D eigenvalue weighted by Gasteiger charge is 2.69. The van der Waals surface area contributed by atoms with Crippen LogP contribution in [0.3, 0.4) is 0 Å². The van der Waals surface area contributed by atoms with Gasteiger partial charge in [0.15, 0.2) is 11.6 Å². The van der Waals surface area contributed by atoms with Gasteiger partial charge in [-0.3, -0.25) is 9.59 Å². The van der Waals surface area contributed by atoms with Gasteiger partial charge in [0.1, 0.15) is 5.69 Å². The van der Waals surface area contributed by atoms with Crippen molar-refractivity contribution in [3.63, 3.8) is 0 Å². The van der Waals surface area contributed by atoms with Crippen molar-refractivity contribution in [3.8, 4) is 0 Å². The first-order valence-electron chi connectivity index (χ1n) is 12.0. The Morgan fingerprint density at radius 1 is 1.00 bits per heavy atom. The molecule has 4 aliphatic rings. The molecule has 2 bridgehead atoms. The van der Waals surface area contributed by atoms with E-state index >= 15 is 0 Å². The maximum absolute atomic E-state index is 14.3. The van der Waals surface area contributed by atoms with Gasteiger partial charge >= 0.3 is 0 Å². The fourth-order valence-electron chi connectivity index (χ4n) is 6.37. The van der Waals surface area contributed by atoms with Crippen LogP contribution in [0.5, 0.6) is 0 Å². The van der Waals surface area contributed by atoms with Crippen molar-refractivity contribution in [1.82, 2.24) is 10.2 Å². The number of hydrogen-bond acceptors (Lipinski definition) is 3. The van der Waals surface area contributed by atoms with E-state index in [1.807, 2.05) is 6.08 Å². The smallest absolute Gasteiger partial charge is 0.229 e. The Morgan fingerprint density at radius 2 is 1.61 bits per heavy atom. The Morgan fingerprint density at radius 3 is 2.21 bits per heavy atom. The molecule has 4 atom stereocenters. The molecule has 1 aromatic rings. The Hall–Kier alpha value is -1.80. The average molecular weight is 522 g/mol. The molecule has 2 N–H and O–H groups in total. The summed E-state index contributed by atoms with van der Waals surface area (Å²) in [7, 11) is 0. The molecule has 3 aliphatic carbocycles. The van der Waals surface area contributed by atoms with Gasteiger partial charge in [0.05, 0.1) is 11.8 Å². The molecule has 1 saturated heterocycles. The predicted molar refractivity (Wildman–Crippen MR) is 125 cm³/mol. The largest absolute Gasteiger partial charge is 0.356 e. The first-order valence-corrected chi connectivity index (χ1v) is 12.8. The first-order chi connectivity index (χ1) is 15.9. The second kappa shape index (κ2) is 9.10. The van der Waals surface area contributed by atoms with Crippen molar-refractivity contribution in [3.05, 3.63) is 40.4 Å². The number of hydrogen-bond donors (Lipinski definition) is 2. The number of unbranched alkanes of at least 4 members (excludes halogenated alkanes) is 1. The summed E-state index contributed by atoms with van der Waals surface area (Å²) in [6, 6.07) is 2.24. The van der Waals surface area contributed by atoms with Gasteiger partial charge in [-0.15, -0.1) is 0 Å². The van der Waals surface area contributed by atoms with Crippen molar-refractivity contribution in [1.29, 1.82) is 0 Å². The molecular weight excluding hydrogens is 492 g/mol. The van der Waals surface area contributed by atoms with E-state index in [1.54, 1.807) is 0 Å². The summed E-state index contributed by atoms with van der Waals surface area (Å²) < 4.78 is 28.9. The number of anilines is 1. The van der Waals surface area contributed by atoms with Crippen LogP contribution in [0.2, 0.25) is 0 Å². The minimum atomic E-state index is -0.839. The first kappa shape index (κ1) is 23.0. The normalized spacial score (nSPS) is 29.1. The van der Waals surface area contributed by atoms with Crippen LogP contribution >= 0.6 is 15.9 Å². The van der Waals surface area contributed by atoms with E-state index in [2.05, 4.69) is 37.5 Å². The summed E-state index contributed by atoms with van der Waals surface area (Å²) in [5.74, 6) is -3.43. The standard InChI is InChI=1S/C25H30BrF2N3O2/c26-15-13-18(27)22(19(28)14-15)30-24(33)21-17-6-5-16(25(17)7-8-25)20(21)23(32)29-9-1-2-10-31-11-3-4-12-31/h5-6,13-14,16-17,20-21H,1-4,7-12H2,(H,29,32)(H,30,33)/t16-,17-,20-,21-/m1/s1. The summed E-state index contributed by atoms with van der Waals surface area (Å²) in [4.78, 5) is 29.0. The second-order valence-electron chi connectivity index (χ2n) is 10.0. The molecule has 33 heavy (non-hydrogen) atoms. The third kappa shape index (κ3) is 4.25. The molecule has 5 nitrogen and oxygen atoms in total. The molecule has 0 unspecified atom stereocenters. The number of halogens is 3. The van der Waals surface area contributed by atoms with Gasteiger partial charge in [-0.25, -0.2) is 8.78 Å². The third-order valence-corrected chi connectivity index (χ3v) is 8.56. The lowest BCUT2D eigenvalue weighted by Crippen LogP contribution is -2.42. The van der Waals surface area contributed by atoms with Crippen LogP contribution in [0, 0.1) is 40.7 Å². The maximum Gasteiger partial charge on any atom is 0.229 e. The van der Waals surface area contributed by atoms with E-state index < -0.39 is 35.1 Å². The van der Waals surface area contributed by atoms with Gasteiger partial charge in [0.2, 0.25) is 11.8 Å². The van der Waals surface area contributed by atoms with Crippen molar-refractivity contribution < 1.29 is 18.4 Å². The van der Waals surface area contributed by atoms with Gasteiger partial charge in [0, 0.05) is 11.0 Å². The molecule has 1 aliphatic heterocycles. The number of carbonyl (C=O) groups is 2. The van der Waals surface area contributed by atoms with E-state index in [-0.39, 0.29) is 27.6 Å². The zero-order valence-corrected chi connectivity index (χ0v) is 20.2. The maximum atomic E-state index is 14.3. The van der Waals surface area contributed by atoms with E-state index in [0.29, 0.717) is 6.54 Å². The molecule has 1 spiro atoms. The van der Waals surface area contributed by atoms with Crippen LogP contribution in [-0.4, -0.2) is 42.9 Å². The highest BCUT2D eigenvalue weighted by Crippen LogP contribution is 2.72. The molecule has 2 saturated carbocycles. The number of rotatable bonds is 8. The molecule has 8 heteroatoms. The zero-order valence-electron chi connectivity index (χ0n) is 18.6. The molecule has 2 amide bonds. The van der Waals surface area contributed by atoms with Crippen LogP contribution < -0.4 is 10.6 Å². The van der Waals surface area contributed by atoms with Gasteiger partial charge in [-0.1, -0.05) is 28.1 Å². The summed E-state index contributed by atoms with van der Waals surface area (Å²) in [5, 5.41) is 5.52. The van der Waals surface area contributed by atoms with Crippen molar-refractivity contribution in [2.24, 2.45) is 29.1 Å². The number of carbonyl (C=O) groups excluding carboxylic acids is 2. The lowest BCUT2D eigenvalue weighted by atomic mass is 9.81. The molecule has 1 heterocycles. The molecule has 5 rings (SSSR count). The Labute approximate surface area is 201 Å². The Balaban J connectivity index is 1.24. The number of nitrogens with zero attached hydrogens (tertiary/aromatic N) is 1. The molecule has 0 aromatic heterocycles. The van der Waals surface area contributed by atoms with E-state index in [4.69, 9.17) is 0 Å². The second-order valence-corrected chi connectivity index (χ2v) is 10.9. The fraction of sp³-hybridized carbons (Fsp3) is 0.600. The number of allylic oxidation sites excluding steroid dienone is 2. The third-order valence-electron chi connectivity index (χ3n) is 8.10. The van der Waals surface area contributed by atoms with Crippen LogP contribution in [0.4, 0.5) is 14.5 Å². The number of likely N-dealkylation sites (tertiary alicyclic amines) is 1. The fourth-order valence-corrected chi connectivity index (χ4v) is 6.78. The quantitative estimate of drug-likeness (QED) is 0.391. The molecule has 178 valence electrons. The topological polar surface area (TPSA) is 61.4 Å². The van der Waals surface area contributed by atoms with Crippen LogP contribution in [0.25, 0.3) is 0 Å². The van der Waals surface area contributed by atoms with Crippen LogP contribution in [0.15, 0.2) is 28.8 Å². The molecular formula is C25H30BrF2N3O2. The molecule has 0 radical (unpaired) electrons. The average Bonchev–Trinajstić information content (AvgIpc) is 3.13. The van der Waals surface area contributed by atoms with Crippen molar-refractivity contribution >= 4 is 33.4 Å². The predicted octanol–water partition coefficient (Wildman–Crippen LogP) is 4.49. The van der Waals surface area contributed by atoms with Gasteiger partial charge in [-0.05, 0) is 87.5 Å². The number of benzene rings is 1. The van der Waals surface area contributed by atoms with E-state index in [0.717, 1.165) is 44.4 Å². The summed E-state index contributed by atoms with van der Waals surface area (Å²) in [5.41, 5.74) is -0.489. The summed E-state index contributed by atoms with van der Waals surface area (Å²) in [6.45, 7) is 3.98. The lowest BCUT2D eigenvalue weighted by molar-refractivity contribution is -0.132. The Bertz CT molecular complexity index is 951. The van der Waals surface area contributed by atoms with Crippen molar-refractivity contribution in [2.75, 3.05) is 31.5 Å². The van der Waals surface area contributed by atoms with E-state index in [1.165, 1.54) is 25.9 Å². The zero-order chi connectivity index (χ0) is 23.2. The lowest BCUT2D eigenvalue weighted by Gasteiger charge is -2.26. The number of nitrogens with one attached hydrogen (secondary N) is 2. The van der Waals surface area contributed by atoms with Crippen LogP contribution in [-0.2, 0) is 9.59 Å². The van der Waals surface area contributed by atoms with Gasteiger partial charge < -0.3 is 15.5 Å². The monoisotopic (exact) mass is 521 g/mol. The highest BCUT2D eigenvalue weighted by molar-refractivity contribution is 9.10. The molecule has 1 aromatic carbocycles. The SMILES string of the molecule is O=C(NCCCCN1CCCC1)[C@H]1[C@H](C(=O)Nc2c(F)cc(Br)cc2F)[C@H]2C=C[C@H]1C21CC1. The molecule has 3 fully saturated rings. The minimum Gasteiger partial charge on any atom is -0.356 e. The van der Waals surface area contributed by atoms with Crippen molar-refractivity contribution in [2.45, 2.75) is 38.5 Å². The Kier molecular flexibility index (Phi) is 6.33. The summed E-state index contributed by atoms with van der Waals surface area (Å²) >= 11 is 3.05. The van der Waals surface area contributed by atoms with Gasteiger partial charge in [-0.2, -0.15) is 0 Å². The summed E-state index contributed by atoms with van der Waals surface area (Å²) in [6.07, 6.45) is 10.6. The minimum absolute atomic E-state index is 0.0162. The van der Waals surface area contributed by atoms with Gasteiger partial charge in [0.25, 0.3) is 0 Å². The number of amides is 2. The van der Waals surface area contributed by atoms with E-state index in [9.17, 15) is 18.4 Å². The van der Waals surface area contributed by atoms with Crippen LogP contribution in [0.1, 0.15) is 38.5 Å².